The number of nitrogen functional groups attached to an aromatic ring is 1. The summed E-state index contributed by atoms with van der Waals surface area (Å²) in [7, 11) is -10.6. The van der Waals surface area contributed by atoms with Gasteiger partial charge in [-0.1, -0.05) is 24.3 Å². The van der Waals surface area contributed by atoms with Crippen molar-refractivity contribution in [2.75, 3.05) is 27.2 Å². The molecular weight excluding hydrogens is 940 g/mol. The molecule has 0 saturated heterocycles. The maximum Gasteiger partial charge on any atom is 1.00 e. The van der Waals surface area contributed by atoms with Crippen molar-refractivity contribution < 1.29 is 144 Å². The summed E-state index contributed by atoms with van der Waals surface area (Å²) in [6.45, 7) is 3.34. The summed E-state index contributed by atoms with van der Waals surface area (Å²) in [5, 5.41) is 24.5. The first kappa shape index (κ1) is 54.5. The van der Waals surface area contributed by atoms with E-state index in [1.54, 1.807) is 26.0 Å². The van der Waals surface area contributed by atoms with Gasteiger partial charge in [0.1, 0.15) is 31.7 Å². The van der Waals surface area contributed by atoms with E-state index in [0.717, 1.165) is 17.7 Å². The molecule has 0 unspecified atom stereocenters. The number of carbonyl (C=O) groups is 5. The number of nitrogens with zero attached hydrogens (tertiary/aromatic N) is 2. The Morgan fingerprint density at radius 3 is 1.51 bits per heavy atom. The van der Waals surface area contributed by atoms with Gasteiger partial charge in [0.15, 0.2) is 0 Å². The number of para-hydroxylation sites is 1. The summed E-state index contributed by atoms with van der Waals surface area (Å²) in [4.78, 5) is 62.7. The van der Waals surface area contributed by atoms with Crippen LogP contribution in [0.15, 0.2) is 117 Å². The third kappa shape index (κ3) is 12.1. The number of allylic oxidation sites excluding steroid dienone is 2. The van der Waals surface area contributed by atoms with Crippen LogP contribution in [0.5, 0.6) is 0 Å². The van der Waals surface area contributed by atoms with Crippen molar-refractivity contribution in [2.45, 2.75) is 13.8 Å². The van der Waals surface area contributed by atoms with Crippen LogP contribution in [0.4, 0.5) is 28.4 Å². The van der Waals surface area contributed by atoms with Crippen molar-refractivity contribution in [1.29, 1.82) is 0 Å². The first-order chi connectivity index (χ1) is 30.2. The molecule has 0 spiro atoms. The fraction of sp³-hybridized carbons (Fsp3) is 0.0465. The zero-order valence-corrected chi connectivity index (χ0v) is 43.7. The minimum absolute atomic E-state index is 0. The number of aromatic carboxylic acids is 1. The molecule has 2 aliphatic rings. The molecule has 0 aromatic heterocycles. The number of carbonyl (C=O) groups excluding carboxylic acids is 5. The third-order valence-electron chi connectivity index (χ3n) is 9.87. The summed E-state index contributed by atoms with van der Waals surface area (Å²) in [5.41, 5.74) is 11.1. The van der Waals surface area contributed by atoms with Gasteiger partial charge in [-0.2, -0.15) is 10.2 Å². The number of fused-ring (bicyclic) bond motifs is 2. The summed E-state index contributed by atoms with van der Waals surface area (Å²) < 4.78 is 73.9. The maximum absolute atomic E-state index is 13.6. The Hall–Kier alpha value is -5.11. The van der Waals surface area contributed by atoms with Gasteiger partial charge in [-0.15, -0.1) is 0 Å². The number of hydrazone groups is 2. The second-order valence-corrected chi connectivity index (χ2v) is 16.9. The molecule has 67 heavy (non-hydrogen) atoms. The Morgan fingerprint density at radius 1 is 0.582 bits per heavy atom. The van der Waals surface area contributed by atoms with Gasteiger partial charge in [0.25, 0.3) is 11.8 Å². The molecule has 24 heteroatoms. The molecule has 0 bridgehead atoms. The van der Waals surface area contributed by atoms with Crippen molar-refractivity contribution in [3.05, 3.63) is 157 Å². The van der Waals surface area contributed by atoms with E-state index in [4.69, 9.17) is 5.73 Å². The zero-order chi connectivity index (χ0) is 46.2. The second kappa shape index (κ2) is 21.9. The summed E-state index contributed by atoms with van der Waals surface area (Å²) in [5.74, 6) is -4.68. The monoisotopic (exact) mass is 969 g/mol. The first-order valence-electron chi connectivity index (χ1n) is 18.5. The van der Waals surface area contributed by atoms with E-state index >= 15 is 0 Å². The predicted molar refractivity (Wildman–Crippen MR) is 232 cm³/mol. The fourth-order valence-electron chi connectivity index (χ4n) is 6.53. The van der Waals surface area contributed by atoms with E-state index in [1.165, 1.54) is 84.9 Å². The van der Waals surface area contributed by atoms with Crippen molar-refractivity contribution in [3.63, 3.8) is 0 Å². The molecule has 0 heterocycles. The number of hydrogen-bond acceptors (Lipinski definition) is 17. The molecular formula is C43H30N7Na3O12S2. The van der Waals surface area contributed by atoms with Gasteiger partial charge in [0, 0.05) is 44.9 Å². The summed E-state index contributed by atoms with van der Waals surface area (Å²) in [6.07, 6.45) is 1.86. The average molecular weight is 970 g/mol. The topological polar surface area (TPSA) is 322 Å². The van der Waals surface area contributed by atoms with Crippen LogP contribution in [0.1, 0.15) is 74.0 Å². The Labute approximate surface area is 448 Å². The number of anilines is 5. The molecule has 5 aromatic rings. The van der Waals surface area contributed by atoms with Crippen LogP contribution in [-0.4, -0.2) is 66.7 Å². The maximum atomic E-state index is 13.6. The van der Waals surface area contributed by atoms with Gasteiger partial charge in [-0.3, -0.25) is 30.0 Å². The molecule has 324 valence electrons. The fourth-order valence-corrected chi connectivity index (χ4v) is 7.83. The quantitative estimate of drug-likeness (QED) is 0.0358. The van der Waals surface area contributed by atoms with Crippen LogP contribution in [-0.2, 0) is 20.2 Å². The molecule has 0 aliphatic heterocycles. The molecule has 5 aromatic carbocycles. The number of nitrogens with two attached hydrogens (primary N) is 1. The van der Waals surface area contributed by atoms with E-state index < -0.39 is 70.8 Å². The smallest absolute Gasteiger partial charge is 0.744 e. The van der Waals surface area contributed by atoms with Crippen LogP contribution in [0.3, 0.4) is 0 Å². The molecule has 0 fully saturated rings. The number of ketones is 2. The number of amides is 2. The van der Waals surface area contributed by atoms with Gasteiger partial charge in [-0.05, 0) is 121 Å². The first-order valence-corrected chi connectivity index (χ1v) is 21.3. The standard InChI is InChI=1S/C43H33N7O12S2.3Na/c1-21-7-8-24(18-32(21)44)42(54)46-28-11-13-29-26(17-28)19-35(63(57,58)59)37(39(29)51)49-47-33-14-9-23(15-22(33)2)41(53)45-27-10-12-30-25(16-27)20-36(64(60,61)62)38(40(30)52)50-48-34-6-4-3-5-31(34)43(55)56;;;/h3-20,47-48H,44H2,1-2H3,(H,45,53)(H,46,54)(H,55,56)(H,57,58,59)(H,60,61,62);;;/q;3*+1/p-3/b49-37-,50-38-;;;. The van der Waals surface area contributed by atoms with Gasteiger partial charge in [-0.25, -0.2) is 16.8 Å². The van der Waals surface area contributed by atoms with Crippen molar-refractivity contribution >= 4 is 102 Å². The van der Waals surface area contributed by atoms with Crippen molar-refractivity contribution in [2.24, 2.45) is 10.2 Å². The van der Waals surface area contributed by atoms with E-state index in [1.807, 2.05) is 0 Å². The van der Waals surface area contributed by atoms with Gasteiger partial charge in [0.2, 0.25) is 11.6 Å². The summed E-state index contributed by atoms with van der Waals surface area (Å²) >= 11 is 0. The minimum Gasteiger partial charge on any atom is -0.744 e. The van der Waals surface area contributed by atoms with Crippen LogP contribution in [0.25, 0.3) is 12.2 Å². The molecule has 6 N–H and O–H groups in total. The molecule has 2 amide bonds. The SMILES string of the molecule is Cc1ccc(C(=O)Nc2ccc3c(c2)C=C(S(=O)(=O)[O-])/C(=N/Nc2ccc(C(=O)Nc4ccc5c(c4)C=C(S(=O)(=O)[O-])/C(=N/Nc4ccccc4C(=O)[O-])C5=O)cc2C)C3=O)cc1N.[Na+].[Na+].[Na+]. The molecule has 0 radical (unpaired) electrons. The van der Waals surface area contributed by atoms with Crippen LogP contribution >= 0.6 is 0 Å². The zero-order valence-electron chi connectivity index (χ0n) is 36.1. The largest absolute Gasteiger partial charge is 1.00 e. The third-order valence-corrected chi connectivity index (χ3v) is 11.6. The van der Waals surface area contributed by atoms with Gasteiger partial charge >= 0.3 is 88.7 Å². The van der Waals surface area contributed by atoms with E-state index in [9.17, 15) is 55.0 Å². The Bertz CT molecular complexity index is 3280. The average Bonchev–Trinajstić information content (AvgIpc) is 3.23. The Balaban J connectivity index is 0.00000327. The number of hydrogen-bond donors (Lipinski definition) is 5. The number of carboxylic acids is 1. The number of carboxylic acid groups (broad SMARTS) is 1. The number of benzene rings is 5. The number of aryl methyl sites for hydroxylation is 2. The predicted octanol–water partition coefficient (Wildman–Crippen LogP) is -5.13. The molecule has 0 saturated carbocycles. The molecule has 2 aliphatic carbocycles. The number of Topliss-reactive ketones (excluding diaryl/α,β-unsaturated/α-hetero) is 2. The Kier molecular flexibility index (Phi) is 17.8. The second-order valence-electron chi connectivity index (χ2n) is 14.2. The van der Waals surface area contributed by atoms with E-state index in [-0.39, 0.29) is 150 Å². The number of nitrogens with one attached hydrogen (secondary N) is 4. The van der Waals surface area contributed by atoms with E-state index in [2.05, 4.69) is 31.7 Å². The van der Waals surface area contributed by atoms with Crippen molar-refractivity contribution in [3.8, 4) is 0 Å². The molecule has 0 atom stereocenters. The van der Waals surface area contributed by atoms with Gasteiger partial charge < -0.3 is 35.4 Å². The van der Waals surface area contributed by atoms with Crippen LogP contribution in [0, 0.1) is 13.8 Å². The summed E-state index contributed by atoms with van der Waals surface area (Å²) in [6, 6.07) is 22.1. The normalized spacial score (nSPS) is 14.1. The minimum atomic E-state index is -5.32. The number of rotatable bonds is 11. The Morgan fingerprint density at radius 2 is 1.04 bits per heavy atom. The van der Waals surface area contributed by atoms with Crippen LogP contribution in [0.2, 0.25) is 0 Å². The van der Waals surface area contributed by atoms with E-state index in [0.29, 0.717) is 11.3 Å². The molecule has 7 rings (SSSR count). The van der Waals surface area contributed by atoms with Gasteiger partial charge in [0.05, 0.1) is 27.2 Å². The molecule has 19 nitrogen and oxygen atoms in total. The van der Waals surface area contributed by atoms with Crippen molar-refractivity contribution in [1.82, 2.24) is 0 Å². The van der Waals surface area contributed by atoms with Crippen LogP contribution < -0.4 is 121 Å².